The topological polar surface area (TPSA) is 80.7 Å². The van der Waals surface area contributed by atoms with Gasteiger partial charge in [0.15, 0.2) is 5.75 Å². The second-order valence-electron chi connectivity index (χ2n) is 6.80. The van der Waals surface area contributed by atoms with Crippen molar-refractivity contribution in [3.63, 3.8) is 0 Å². The number of hydrazone groups is 1. The molecule has 0 spiro atoms. The molecule has 0 radical (unpaired) electrons. The molecular weight excluding hydrogens is 510 g/mol. The molecule has 0 fully saturated rings. The van der Waals surface area contributed by atoms with Crippen LogP contribution in [0.4, 0.5) is 5.13 Å². The van der Waals surface area contributed by atoms with Crippen LogP contribution in [-0.4, -0.2) is 19.6 Å². The van der Waals surface area contributed by atoms with E-state index in [0.717, 1.165) is 21.3 Å². The highest BCUT2D eigenvalue weighted by Gasteiger charge is 2.17. The van der Waals surface area contributed by atoms with Gasteiger partial charge in [-0.25, -0.2) is 4.98 Å². The molecule has 1 heterocycles. The van der Waals surface area contributed by atoms with Crippen LogP contribution in [0.15, 0.2) is 92.6 Å². The number of anilines is 1. The Hall–Kier alpha value is -3.01. The van der Waals surface area contributed by atoms with E-state index in [4.69, 9.17) is 4.18 Å². The molecule has 0 aliphatic rings. The van der Waals surface area contributed by atoms with Crippen LogP contribution < -0.4 is 9.61 Å². The predicted octanol–water partition coefficient (Wildman–Crippen LogP) is 6.09. The fourth-order valence-corrected chi connectivity index (χ4v) is 4.66. The Bertz CT molecular complexity index is 1350. The lowest BCUT2D eigenvalue weighted by Crippen LogP contribution is -2.11. The minimum atomic E-state index is -3.96. The van der Waals surface area contributed by atoms with E-state index in [2.05, 4.69) is 31.4 Å². The number of aromatic nitrogens is 1. The molecule has 0 bridgehead atoms. The zero-order valence-electron chi connectivity index (χ0n) is 16.9. The third-order valence-electron chi connectivity index (χ3n) is 4.44. The molecule has 0 aliphatic carbocycles. The van der Waals surface area contributed by atoms with Gasteiger partial charge in [-0.05, 0) is 43.3 Å². The molecule has 4 aromatic rings. The number of benzene rings is 3. The number of hydrogen-bond donors (Lipinski definition) is 1. The smallest absolute Gasteiger partial charge is 0.339 e. The summed E-state index contributed by atoms with van der Waals surface area (Å²) in [5.41, 5.74) is 6.21. The lowest BCUT2D eigenvalue weighted by atomic mass is 10.2. The SMILES string of the molecule is Cc1ccc(S(=O)(=O)Oc2ccccc2/C=N\Nc2nc(-c3ccc(Br)cc3)cs2)cc1. The van der Waals surface area contributed by atoms with E-state index in [1.54, 1.807) is 36.4 Å². The van der Waals surface area contributed by atoms with E-state index in [1.807, 2.05) is 36.6 Å². The number of para-hydroxylation sites is 1. The van der Waals surface area contributed by atoms with E-state index < -0.39 is 10.1 Å². The van der Waals surface area contributed by atoms with Crippen LogP contribution in [0.3, 0.4) is 0 Å². The summed E-state index contributed by atoms with van der Waals surface area (Å²) in [6.07, 6.45) is 1.50. The quantitative estimate of drug-likeness (QED) is 0.178. The van der Waals surface area contributed by atoms with Gasteiger partial charge >= 0.3 is 10.1 Å². The Morgan fingerprint density at radius 3 is 2.50 bits per heavy atom. The van der Waals surface area contributed by atoms with Gasteiger partial charge in [0.25, 0.3) is 0 Å². The van der Waals surface area contributed by atoms with Gasteiger partial charge in [-0.15, -0.1) is 11.3 Å². The first-order valence-corrected chi connectivity index (χ1v) is 12.6. The van der Waals surface area contributed by atoms with Crippen molar-refractivity contribution in [2.75, 3.05) is 5.43 Å². The van der Waals surface area contributed by atoms with Crippen molar-refractivity contribution in [2.24, 2.45) is 5.10 Å². The number of hydrogen-bond acceptors (Lipinski definition) is 7. The molecule has 32 heavy (non-hydrogen) atoms. The number of rotatable bonds is 7. The Balaban J connectivity index is 1.47. The molecule has 1 N–H and O–H groups in total. The summed E-state index contributed by atoms with van der Waals surface area (Å²) in [6, 6.07) is 21.2. The maximum Gasteiger partial charge on any atom is 0.339 e. The van der Waals surface area contributed by atoms with E-state index in [9.17, 15) is 8.42 Å². The molecule has 3 aromatic carbocycles. The van der Waals surface area contributed by atoms with Crippen molar-refractivity contribution in [2.45, 2.75) is 11.8 Å². The molecular formula is C23H18BrN3O3S2. The molecule has 0 amide bonds. The summed E-state index contributed by atoms with van der Waals surface area (Å²) >= 11 is 4.84. The van der Waals surface area contributed by atoms with Crippen LogP contribution in [0.2, 0.25) is 0 Å². The maximum atomic E-state index is 12.6. The Labute approximate surface area is 198 Å². The Kier molecular flexibility index (Phi) is 6.69. The molecule has 0 aliphatic heterocycles. The van der Waals surface area contributed by atoms with E-state index in [0.29, 0.717) is 10.7 Å². The second kappa shape index (κ2) is 9.64. The standard InChI is InChI=1S/C23H18BrN3O3S2/c1-16-6-12-20(13-7-16)32(28,29)30-22-5-3-2-4-18(22)14-25-27-23-26-21(15-31-23)17-8-10-19(24)11-9-17/h2-15H,1H3,(H,26,27)/b25-14-. The van der Waals surface area contributed by atoms with Gasteiger partial charge in [-0.3, -0.25) is 5.43 Å². The molecule has 0 saturated heterocycles. The van der Waals surface area contributed by atoms with Crippen LogP contribution in [0, 0.1) is 6.92 Å². The zero-order valence-corrected chi connectivity index (χ0v) is 20.1. The van der Waals surface area contributed by atoms with Crippen LogP contribution in [0.25, 0.3) is 11.3 Å². The van der Waals surface area contributed by atoms with Crippen molar-refractivity contribution in [3.05, 3.63) is 93.8 Å². The van der Waals surface area contributed by atoms with Gasteiger partial charge in [-0.1, -0.05) is 57.9 Å². The van der Waals surface area contributed by atoms with Gasteiger partial charge in [0.05, 0.1) is 11.9 Å². The largest absolute Gasteiger partial charge is 0.378 e. The van der Waals surface area contributed by atoms with E-state index >= 15 is 0 Å². The highest BCUT2D eigenvalue weighted by Crippen LogP contribution is 2.26. The number of thiazole rings is 1. The molecule has 9 heteroatoms. The summed E-state index contributed by atoms with van der Waals surface area (Å²) in [6.45, 7) is 1.89. The number of aryl methyl sites for hydroxylation is 1. The number of halogens is 1. The third-order valence-corrected chi connectivity index (χ3v) is 6.96. The van der Waals surface area contributed by atoms with E-state index in [1.165, 1.54) is 29.7 Å². The molecule has 0 saturated carbocycles. The highest BCUT2D eigenvalue weighted by atomic mass is 79.9. The van der Waals surface area contributed by atoms with Crippen LogP contribution in [-0.2, 0) is 10.1 Å². The average Bonchev–Trinajstić information content (AvgIpc) is 3.24. The molecule has 4 rings (SSSR count). The molecule has 6 nitrogen and oxygen atoms in total. The monoisotopic (exact) mass is 527 g/mol. The van der Waals surface area contributed by atoms with Crippen molar-refractivity contribution >= 4 is 48.7 Å². The predicted molar refractivity (Wildman–Crippen MR) is 132 cm³/mol. The number of nitrogens with zero attached hydrogens (tertiary/aromatic N) is 2. The lowest BCUT2D eigenvalue weighted by Gasteiger charge is -2.09. The first kappa shape index (κ1) is 22.2. The molecule has 162 valence electrons. The third kappa shape index (κ3) is 5.42. The van der Waals surface area contributed by atoms with Gasteiger partial charge in [0.1, 0.15) is 4.90 Å². The van der Waals surface area contributed by atoms with Crippen LogP contribution >= 0.6 is 27.3 Å². The summed E-state index contributed by atoms with van der Waals surface area (Å²) in [5, 5.41) is 6.75. The molecule has 1 aromatic heterocycles. The highest BCUT2D eigenvalue weighted by molar-refractivity contribution is 9.10. The van der Waals surface area contributed by atoms with Gasteiger partial charge in [0, 0.05) is 21.0 Å². The van der Waals surface area contributed by atoms with Crippen molar-refractivity contribution < 1.29 is 12.6 Å². The van der Waals surface area contributed by atoms with E-state index in [-0.39, 0.29) is 10.6 Å². The molecule has 0 unspecified atom stereocenters. The van der Waals surface area contributed by atoms with Gasteiger partial charge in [-0.2, -0.15) is 13.5 Å². The summed E-state index contributed by atoms with van der Waals surface area (Å²) in [4.78, 5) is 4.61. The van der Waals surface area contributed by atoms with Crippen molar-refractivity contribution in [1.29, 1.82) is 0 Å². The first-order chi connectivity index (χ1) is 15.4. The molecule has 0 atom stereocenters. The summed E-state index contributed by atoms with van der Waals surface area (Å²) in [7, 11) is -3.96. The minimum absolute atomic E-state index is 0.0937. The lowest BCUT2D eigenvalue weighted by molar-refractivity contribution is 0.485. The van der Waals surface area contributed by atoms with Gasteiger partial charge < -0.3 is 4.18 Å². The normalized spacial score (nSPS) is 11.6. The zero-order chi connectivity index (χ0) is 22.6. The van der Waals surface area contributed by atoms with Crippen molar-refractivity contribution in [3.8, 4) is 17.0 Å². The van der Waals surface area contributed by atoms with Gasteiger partial charge in [0.2, 0.25) is 5.13 Å². The summed E-state index contributed by atoms with van der Waals surface area (Å²) in [5.74, 6) is 0.188. The first-order valence-electron chi connectivity index (χ1n) is 9.51. The number of nitrogens with one attached hydrogen (secondary N) is 1. The van der Waals surface area contributed by atoms with Crippen LogP contribution in [0.1, 0.15) is 11.1 Å². The minimum Gasteiger partial charge on any atom is -0.378 e. The Morgan fingerprint density at radius 2 is 1.75 bits per heavy atom. The Morgan fingerprint density at radius 1 is 1.03 bits per heavy atom. The second-order valence-corrected chi connectivity index (χ2v) is 10.1. The van der Waals surface area contributed by atoms with Crippen LogP contribution in [0.5, 0.6) is 5.75 Å². The average molecular weight is 528 g/mol. The maximum absolute atomic E-state index is 12.6. The fraction of sp³-hybridized carbons (Fsp3) is 0.0435. The van der Waals surface area contributed by atoms with Crippen molar-refractivity contribution in [1.82, 2.24) is 4.98 Å². The fourth-order valence-electron chi connectivity index (χ4n) is 2.77. The summed E-state index contributed by atoms with van der Waals surface area (Å²) < 4.78 is 31.6.